The first-order chi connectivity index (χ1) is 8.95. The number of pyridine rings is 2. The van der Waals surface area contributed by atoms with E-state index in [0.29, 0.717) is 0 Å². The van der Waals surface area contributed by atoms with Gasteiger partial charge in [-0.15, -0.1) is 0 Å². The van der Waals surface area contributed by atoms with Crippen LogP contribution in [0.2, 0.25) is 0 Å². The van der Waals surface area contributed by atoms with Crippen molar-refractivity contribution < 1.29 is 0 Å². The predicted octanol–water partition coefficient (Wildman–Crippen LogP) is 3.64. The van der Waals surface area contributed by atoms with E-state index >= 15 is 0 Å². The zero-order valence-corrected chi connectivity index (χ0v) is 11.8. The Hall–Kier alpha value is -1.00. The highest BCUT2D eigenvalue weighted by atomic mass is 32.2. The predicted molar refractivity (Wildman–Crippen MR) is 80.8 cm³/mol. The summed E-state index contributed by atoms with van der Waals surface area (Å²) in [6.07, 6.45) is 7.42. The quantitative estimate of drug-likeness (QED) is 0.721. The van der Waals surface area contributed by atoms with Crippen LogP contribution in [0.3, 0.4) is 0 Å². The number of thioether (sulfide) groups is 2. The maximum Gasteiger partial charge on any atom is 0.0270 e. The van der Waals surface area contributed by atoms with Gasteiger partial charge in [-0.05, 0) is 35.4 Å². The Bertz CT molecular complexity index is 391. The highest BCUT2D eigenvalue weighted by Crippen LogP contribution is 2.16. The molecule has 0 aliphatic heterocycles. The van der Waals surface area contributed by atoms with Crippen LogP contribution in [-0.2, 0) is 11.5 Å². The lowest BCUT2D eigenvalue weighted by Gasteiger charge is -2.02. The third-order valence-corrected chi connectivity index (χ3v) is 4.73. The summed E-state index contributed by atoms with van der Waals surface area (Å²) in [6.45, 7) is 0. The molecule has 18 heavy (non-hydrogen) atoms. The van der Waals surface area contributed by atoms with Crippen molar-refractivity contribution in [2.24, 2.45) is 0 Å². The van der Waals surface area contributed by atoms with Crippen LogP contribution in [0.1, 0.15) is 11.1 Å². The molecule has 0 spiro atoms. The van der Waals surface area contributed by atoms with Gasteiger partial charge in [0.15, 0.2) is 0 Å². The molecule has 0 amide bonds. The van der Waals surface area contributed by atoms with Gasteiger partial charge in [0.1, 0.15) is 0 Å². The van der Waals surface area contributed by atoms with Crippen LogP contribution in [0, 0.1) is 0 Å². The van der Waals surface area contributed by atoms with E-state index in [4.69, 9.17) is 0 Å². The summed E-state index contributed by atoms with van der Waals surface area (Å²) in [5.41, 5.74) is 2.71. The molecule has 0 atom stereocenters. The molecule has 2 aromatic rings. The maximum absolute atomic E-state index is 4.02. The number of nitrogens with zero attached hydrogens (tertiary/aromatic N) is 2. The minimum Gasteiger partial charge on any atom is -0.265 e. The highest BCUT2D eigenvalue weighted by Gasteiger charge is 1.95. The molecule has 2 aromatic heterocycles. The van der Waals surface area contributed by atoms with Crippen molar-refractivity contribution in [1.82, 2.24) is 9.97 Å². The molecule has 0 aliphatic carbocycles. The van der Waals surface area contributed by atoms with Gasteiger partial charge in [0.05, 0.1) is 0 Å². The number of hydrogen-bond acceptors (Lipinski definition) is 4. The minimum absolute atomic E-state index is 1.08. The molecule has 0 saturated carbocycles. The van der Waals surface area contributed by atoms with E-state index < -0.39 is 0 Å². The Morgan fingerprint density at radius 1 is 0.667 bits per heavy atom. The molecule has 0 saturated heterocycles. The standard InChI is InChI=1S/C14H16N2S2/c1-5-15-6-2-13(1)11-17-9-10-18-12-14-3-7-16-8-4-14/h1-8H,9-12H2. The van der Waals surface area contributed by atoms with Gasteiger partial charge in [0.25, 0.3) is 0 Å². The third kappa shape index (κ3) is 5.10. The second kappa shape index (κ2) is 8.16. The van der Waals surface area contributed by atoms with E-state index in [1.807, 2.05) is 48.3 Å². The van der Waals surface area contributed by atoms with Crippen molar-refractivity contribution in [3.63, 3.8) is 0 Å². The van der Waals surface area contributed by atoms with Gasteiger partial charge in [0, 0.05) is 47.8 Å². The summed E-state index contributed by atoms with van der Waals surface area (Å²) in [5, 5.41) is 0. The van der Waals surface area contributed by atoms with Gasteiger partial charge in [-0.1, -0.05) is 0 Å². The second-order valence-corrected chi connectivity index (χ2v) is 6.03. The first-order valence-electron chi connectivity index (χ1n) is 5.88. The smallest absolute Gasteiger partial charge is 0.0270 e. The van der Waals surface area contributed by atoms with Gasteiger partial charge in [-0.3, -0.25) is 9.97 Å². The SMILES string of the molecule is c1cc(CSCCSCc2ccncc2)ccn1. The van der Waals surface area contributed by atoms with Crippen LogP contribution in [0.15, 0.2) is 49.1 Å². The second-order valence-electron chi connectivity index (χ2n) is 3.82. The molecule has 0 aromatic carbocycles. The topological polar surface area (TPSA) is 25.8 Å². The minimum atomic E-state index is 1.08. The van der Waals surface area contributed by atoms with Crippen LogP contribution in [0.25, 0.3) is 0 Å². The van der Waals surface area contributed by atoms with Gasteiger partial charge in [-0.25, -0.2) is 0 Å². The highest BCUT2D eigenvalue weighted by molar-refractivity contribution is 8.02. The fraction of sp³-hybridized carbons (Fsp3) is 0.286. The average Bonchev–Trinajstić information content (AvgIpc) is 2.45. The van der Waals surface area contributed by atoms with E-state index in [0.717, 1.165) is 11.5 Å². The van der Waals surface area contributed by atoms with Crippen molar-refractivity contribution in [2.45, 2.75) is 11.5 Å². The summed E-state index contributed by atoms with van der Waals surface area (Å²) in [6, 6.07) is 8.32. The van der Waals surface area contributed by atoms with Gasteiger partial charge in [0.2, 0.25) is 0 Å². The van der Waals surface area contributed by atoms with Crippen molar-refractivity contribution >= 4 is 23.5 Å². The Labute approximate surface area is 117 Å². The normalized spacial score (nSPS) is 10.4. The van der Waals surface area contributed by atoms with Crippen LogP contribution in [0.5, 0.6) is 0 Å². The molecule has 94 valence electrons. The molecule has 2 nitrogen and oxygen atoms in total. The van der Waals surface area contributed by atoms with Crippen molar-refractivity contribution in [1.29, 1.82) is 0 Å². The molecule has 4 heteroatoms. The van der Waals surface area contributed by atoms with Crippen LogP contribution < -0.4 is 0 Å². The fourth-order valence-electron chi connectivity index (χ4n) is 1.46. The first kappa shape index (κ1) is 13.4. The van der Waals surface area contributed by atoms with Crippen LogP contribution in [0.4, 0.5) is 0 Å². The average molecular weight is 276 g/mol. The number of hydrogen-bond donors (Lipinski definition) is 0. The van der Waals surface area contributed by atoms with Gasteiger partial charge < -0.3 is 0 Å². The number of aromatic nitrogens is 2. The summed E-state index contributed by atoms with van der Waals surface area (Å²) in [7, 11) is 0. The Balaban J connectivity index is 1.54. The summed E-state index contributed by atoms with van der Waals surface area (Å²) >= 11 is 3.96. The molecule has 2 heterocycles. The molecule has 0 radical (unpaired) electrons. The molecular formula is C14H16N2S2. The molecule has 0 aliphatic rings. The van der Waals surface area contributed by atoms with Gasteiger partial charge >= 0.3 is 0 Å². The first-order valence-corrected chi connectivity index (χ1v) is 8.19. The Kier molecular flexibility index (Phi) is 6.09. The molecule has 0 bridgehead atoms. The molecule has 0 unspecified atom stereocenters. The largest absolute Gasteiger partial charge is 0.265 e. The van der Waals surface area contributed by atoms with E-state index in [9.17, 15) is 0 Å². The van der Waals surface area contributed by atoms with E-state index in [1.165, 1.54) is 22.6 Å². The van der Waals surface area contributed by atoms with E-state index in [1.54, 1.807) is 0 Å². The van der Waals surface area contributed by atoms with Gasteiger partial charge in [-0.2, -0.15) is 23.5 Å². The lowest BCUT2D eigenvalue weighted by atomic mass is 10.3. The lowest BCUT2D eigenvalue weighted by molar-refractivity contribution is 1.27. The number of rotatable bonds is 7. The van der Waals surface area contributed by atoms with Crippen LogP contribution >= 0.6 is 23.5 Å². The third-order valence-electron chi connectivity index (χ3n) is 2.41. The fourth-order valence-corrected chi connectivity index (χ4v) is 3.54. The summed E-state index contributed by atoms with van der Waals surface area (Å²) in [5.74, 6) is 4.55. The monoisotopic (exact) mass is 276 g/mol. The van der Waals surface area contributed by atoms with Crippen molar-refractivity contribution in [2.75, 3.05) is 11.5 Å². The van der Waals surface area contributed by atoms with Crippen LogP contribution in [-0.4, -0.2) is 21.5 Å². The Morgan fingerprint density at radius 3 is 1.44 bits per heavy atom. The lowest BCUT2D eigenvalue weighted by Crippen LogP contribution is -1.88. The molecular weight excluding hydrogens is 260 g/mol. The zero-order valence-electron chi connectivity index (χ0n) is 10.2. The maximum atomic E-state index is 4.02. The summed E-state index contributed by atoms with van der Waals surface area (Å²) in [4.78, 5) is 8.04. The molecule has 0 N–H and O–H groups in total. The Morgan fingerprint density at radius 2 is 1.06 bits per heavy atom. The van der Waals surface area contributed by atoms with E-state index in [-0.39, 0.29) is 0 Å². The molecule has 0 fully saturated rings. The van der Waals surface area contributed by atoms with Crippen molar-refractivity contribution in [3.8, 4) is 0 Å². The van der Waals surface area contributed by atoms with E-state index in [2.05, 4.69) is 34.2 Å². The summed E-state index contributed by atoms with van der Waals surface area (Å²) < 4.78 is 0. The molecule has 2 rings (SSSR count). The van der Waals surface area contributed by atoms with Crippen molar-refractivity contribution in [3.05, 3.63) is 60.2 Å². The zero-order chi connectivity index (χ0) is 12.5.